The van der Waals surface area contributed by atoms with Gasteiger partial charge < -0.3 is 15.2 Å². The third kappa shape index (κ3) is 4.32. The van der Waals surface area contributed by atoms with E-state index in [4.69, 9.17) is 0 Å². The number of aryl methyl sites for hydroxylation is 1. The highest BCUT2D eigenvalue weighted by atomic mass is 16.2. The van der Waals surface area contributed by atoms with E-state index in [1.54, 1.807) is 18.7 Å². The third-order valence-electron chi connectivity index (χ3n) is 3.80. The second-order valence-electron chi connectivity index (χ2n) is 6.47. The zero-order valence-corrected chi connectivity index (χ0v) is 14.7. The van der Waals surface area contributed by atoms with E-state index in [1.165, 1.54) is 0 Å². The van der Waals surface area contributed by atoms with E-state index in [9.17, 15) is 4.79 Å². The van der Waals surface area contributed by atoms with Crippen molar-refractivity contribution in [2.45, 2.75) is 26.8 Å². The number of carbonyl (C=O) groups is 1. The van der Waals surface area contributed by atoms with Gasteiger partial charge in [-0.15, -0.1) is 0 Å². The predicted octanol–water partition coefficient (Wildman–Crippen LogP) is 2.88. The van der Waals surface area contributed by atoms with E-state index in [1.807, 2.05) is 29.8 Å². The molecule has 0 saturated heterocycles. The van der Waals surface area contributed by atoms with Crippen LogP contribution in [-0.4, -0.2) is 25.6 Å². The summed E-state index contributed by atoms with van der Waals surface area (Å²) in [7, 11) is 1.95. The fraction of sp³-hybridized carbons (Fsp3) is 0.333. The molecule has 0 aliphatic heterocycles. The number of urea groups is 1. The lowest BCUT2D eigenvalue weighted by molar-refractivity contribution is 0.251. The average molecular weight is 338 g/mol. The highest BCUT2D eigenvalue weighted by Crippen LogP contribution is 2.13. The van der Waals surface area contributed by atoms with Crippen LogP contribution in [0.25, 0.3) is 11.0 Å². The Labute approximate surface area is 146 Å². The van der Waals surface area contributed by atoms with E-state index in [-0.39, 0.29) is 6.03 Å². The number of amides is 2. The Balaban J connectivity index is 1.54. The Morgan fingerprint density at radius 2 is 1.96 bits per heavy atom. The Morgan fingerprint density at radius 3 is 2.68 bits per heavy atom. The summed E-state index contributed by atoms with van der Waals surface area (Å²) < 4.78 is 1.96. The SMILES string of the molecule is CC(C)Cc1ncc(NC(=O)NCc2ccc3c(c2)ncn3C)cn1. The minimum absolute atomic E-state index is 0.290. The molecule has 25 heavy (non-hydrogen) atoms. The van der Waals surface area contributed by atoms with Gasteiger partial charge in [-0.2, -0.15) is 0 Å². The number of nitrogens with zero attached hydrogens (tertiary/aromatic N) is 4. The first kappa shape index (κ1) is 16.9. The van der Waals surface area contributed by atoms with Crippen LogP contribution in [0.3, 0.4) is 0 Å². The first-order valence-electron chi connectivity index (χ1n) is 8.27. The highest BCUT2D eigenvalue weighted by molar-refractivity contribution is 5.88. The molecular formula is C18H22N6O. The number of carbonyl (C=O) groups excluding carboxylic acids is 1. The third-order valence-corrected chi connectivity index (χ3v) is 3.80. The van der Waals surface area contributed by atoms with E-state index in [0.29, 0.717) is 18.2 Å². The quantitative estimate of drug-likeness (QED) is 0.749. The number of rotatable bonds is 5. The zero-order valence-electron chi connectivity index (χ0n) is 14.7. The van der Waals surface area contributed by atoms with Gasteiger partial charge in [0.15, 0.2) is 0 Å². The molecule has 0 bridgehead atoms. The van der Waals surface area contributed by atoms with Crippen LogP contribution >= 0.6 is 0 Å². The van der Waals surface area contributed by atoms with Gasteiger partial charge in [0.1, 0.15) is 5.82 Å². The molecule has 2 N–H and O–H groups in total. The molecule has 3 aromatic rings. The summed E-state index contributed by atoms with van der Waals surface area (Å²) in [6.07, 6.45) is 5.86. The summed E-state index contributed by atoms with van der Waals surface area (Å²) in [5, 5.41) is 5.56. The smallest absolute Gasteiger partial charge is 0.319 e. The fourth-order valence-electron chi connectivity index (χ4n) is 2.54. The molecule has 2 heterocycles. The van der Waals surface area contributed by atoms with Gasteiger partial charge in [0.05, 0.1) is 35.4 Å². The summed E-state index contributed by atoms with van der Waals surface area (Å²) in [6.45, 7) is 4.65. The molecule has 7 nitrogen and oxygen atoms in total. The molecule has 1 aromatic carbocycles. The van der Waals surface area contributed by atoms with Gasteiger partial charge in [-0.3, -0.25) is 0 Å². The summed E-state index contributed by atoms with van der Waals surface area (Å²) in [6, 6.07) is 5.66. The number of hydrogen-bond donors (Lipinski definition) is 2. The topological polar surface area (TPSA) is 84.7 Å². The van der Waals surface area contributed by atoms with Crippen molar-refractivity contribution in [1.29, 1.82) is 0 Å². The molecule has 2 amide bonds. The molecule has 0 fully saturated rings. The first-order valence-corrected chi connectivity index (χ1v) is 8.27. The van der Waals surface area contributed by atoms with Gasteiger partial charge in [0, 0.05) is 20.0 Å². The van der Waals surface area contributed by atoms with Crippen molar-refractivity contribution >= 4 is 22.8 Å². The lowest BCUT2D eigenvalue weighted by Crippen LogP contribution is -2.28. The number of hydrogen-bond acceptors (Lipinski definition) is 4. The van der Waals surface area contributed by atoms with Crippen LogP contribution in [0.5, 0.6) is 0 Å². The first-order chi connectivity index (χ1) is 12.0. The largest absolute Gasteiger partial charge is 0.334 e. The second kappa shape index (κ2) is 7.29. The van der Waals surface area contributed by atoms with Gasteiger partial charge >= 0.3 is 6.03 Å². The maximum atomic E-state index is 12.0. The molecule has 130 valence electrons. The minimum Gasteiger partial charge on any atom is -0.334 e. The standard InChI is InChI=1S/C18H22N6O/c1-12(2)6-17-19-9-14(10-20-17)23-18(25)21-8-13-4-5-16-15(7-13)22-11-24(16)3/h4-5,7,9-12H,6,8H2,1-3H3,(H2,21,23,25). The maximum absolute atomic E-state index is 12.0. The highest BCUT2D eigenvalue weighted by Gasteiger charge is 2.06. The van der Waals surface area contributed by atoms with Crippen molar-refractivity contribution in [2.24, 2.45) is 13.0 Å². The summed E-state index contributed by atoms with van der Waals surface area (Å²) >= 11 is 0. The fourth-order valence-corrected chi connectivity index (χ4v) is 2.54. The Hall–Kier alpha value is -2.96. The summed E-state index contributed by atoms with van der Waals surface area (Å²) in [5.41, 5.74) is 3.54. The molecule has 0 unspecified atom stereocenters. The monoisotopic (exact) mass is 338 g/mol. The van der Waals surface area contributed by atoms with Gasteiger partial charge in [-0.25, -0.2) is 19.7 Å². The Bertz CT molecular complexity index is 869. The molecule has 3 rings (SSSR count). The van der Waals surface area contributed by atoms with Crippen LogP contribution < -0.4 is 10.6 Å². The van der Waals surface area contributed by atoms with Crippen LogP contribution in [0.4, 0.5) is 10.5 Å². The zero-order chi connectivity index (χ0) is 17.8. The van der Waals surface area contributed by atoms with Crippen molar-refractivity contribution in [3.05, 3.63) is 48.3 Å². The maximum Gasteiger partial charge on any atom is 0.319 e. The summed E-state index contributed by atoms with van der Waals surface area (Å²) in [4.78, 5) is 24.9. The molecule has 7 heteroatoms. The average Bonchev–Trinajstić information content (AvgIpc) is 2.95. The van der Waals surface area contributed by atoms with Crippen LogP contribution in [0.15, 0.2) is 36.9 Å². The number of anilines is 1. The van der Waals surface area contributed by atoms with Crippen molar-refractivity contribution in [2.75, 3.05) is 5.32 Å². The lowest BCUT2D eigenvalue weighted by atomic mass is 10.1. The van der Waals surface area contributed by atoms with Crippen LogP contribution in [0.2, 0.25) is 0 Å². The van der Waals surface area contributed by atoms with Gasteiger partial charge in [0.25, 0.3) is 0 Å². The van der Waals surface area contributed by atoms with Crippen LogP contribution in [0.1, 0.15) is 25.2 Å². The van der Waals surface area contributed by atoms with E-state index in [0.717, 1.165) is 28.8 Å². The summed E-state index contributed by atoms with van der Waals surface area (Å²) in [5.74, 6) is 1.28. The van der Waals surface area contributed by atoms with Crippen molar-refractivity contribution in [3.8, 4) is 0 Å². The molecular weight excluding hydrogens is 316 g/mol. The number of nitrogens with one attached hydrogen (secondary N) is 2. The Kier molecular flexibility index (Phi) is 4.92. The normalized spacial score (nSPS) is 11.0. The van der Waals surface area contributed by atoms with Gasteiger partial charge in [0.2, 0.25) is 0 Å². The van der Waals surface area contributed by atoms with Crippen molar-refractivity contribution in [3.63, 3.8) is 0 Å². The van der Waals surface area contributed by atoms with Gasteiger partial charge in [-0.1, -0.05) is 19.9 Å². The van der Waals surface area contributed by atoms with E-state index in [2.05, 4.69) is 39.4 Å². The molecule has 0 radical (unpaired) electrons. The number of benzene rings is 1. The Morgan fingerprint density at radius 1 is 1.20 bits per heavy atom. The molecule has 0 aliphatic carbocycles. The lowest BCUT2D eigenvalue weighted by Gasteiger charge is -2.08. The number of fused-ring (bicyclic) bond motifs is 1. The van der Waals surface area contributed by atoms with E-state index >= 15 is 0 Å². The molecule has 0 spiro atoms. The van der Waals surface area contributed by atoms with Crippen LogP contribution in [-0.2, 0) is 20.0 Å². The molecule has 0 aliphatic rings. The minimum atomic E-state index is -0.290. The number of imidazole rings is 1. The number of aromatic nitrogens is 4. The van der Waals surface area contributed by atoms with Crippen LogP contribution in [0, 0.1) is 5.92 Å². The second-order valence-corrected chi connectivity index (χ2v) is 6.47. The molecule has 0 saturated carbocycles. The molecule has 2 aromatic heterocycles. The predicted molar refractivity (Wildman–Crippen MR) is 97.1 cm³/mol. The van der Waals surface area contributed by atoms with Crippen molar-refractivity contribution in [1.82, 2.24) is 24.8 Å². The molecule has 0 atom stereocenters. The van der Waals surface area contributed by atoms with Crippen molar-refractivity contribution < 1.29 is 4.79 Å². The van der Waals surface area contributed by atoms with E-state index < -0.39 is 0 Å². The van der Waals surface area contributed by atoms with Gasteiger partial charge in [-0.05, 0) is 23.6 Å².